The third kappa shape index (κ3) is 2.25. The number of amides is 1. The first-order chi connectivity index (χ1) is 7.79. The van der Waals surface area contributed by atoms with Crippen molar-refractivity contribution in [2.75, 3.05) is 24.5 Å². The van der Waals surface area contributed by atoms with Crippen LogP contribution in [0.1, 0.15) is 12.1 Å². The van der Waals surface area contributed by atoms with E-state index >= 15 is 0 Å². The molecule has 0 atom stereocenters. The molecule has 6 heteroatoms. The lowest BCUT2D eigenvalue weighted by Crippen LogP contribution is -2.29. The minimum Gasteiger partial charge on any atom is -0.354 e. The number of nitriles is 1. The molecule has 1 fully saturated rings. The first-order valence-electron chi connectivity index (χ1n) is 5.04. The number of anilines is 1. The first-order valence-corrected chi connectivity index (χ1v) is 5.04. The van der Waals surface area contributed by atoms with E-state index in [9.17, 15) is 4.79 Å². The maximum Gasteiger partial charge on any atom is 0.226 e. The molecule has 1 aromatic heterocycles. The standard InChI is InChI=1S/C10H11N5O/c11-7-8-1-3-13-10(14-8)15-5-2-9(16)12-4-6-15/h1,3H,2,4-6H2,(H,12,16). The van der Waals surface area contributed by atoms with Crippen LogP contribution in [-0.2, 0) is 4.79 Å². The molecule has 0 spiro atoms. The molecule has 0 aromatic carbocycles. The predicted molar refractivity (Wildman–Crippen MR) is 56.6 cm³/mol. The van der Waals surface area contributed by atoms with Gasteiger partial charge in [0.1, 0.15) is 11.8 Å². The molecule has 0 unspecified atom stereocenters. The van der Waals surface area contributed by atoms with E-state index in [1.54, 1.807) is 12.3 Å². The molecule has 2 heterocycles. The monoisotopic (exact) mass is 217 g/mol. The molecule has 1 aliphatic heterocycles. The smallest absolute Gasteiger partial charge is 0.226 e. The Balaban J connectivity index is 2.16. The van der Waals surface area contributed by atoms with Crippen LogP contribution in [0.15, 0.2) is 12.3 Å². The topological polar surface area (TPSA) is 81.9 Å². The van der Waals surface area contributed by atoms with Crippen molar-refractivity contribution in [2.45, 2.75) is 6.42 Å². The van der Waals surface area contributed by atoms with Gasteiger partial charge in [0.25, 0.3) is 0 Å². The van der Waals surface area contributed by atoms with Crippen LogP contribution in [0.5, 0.6) is 0 Å². The quantitative estimate of drug-likeness (QED) is 0.696. The van der Waals surface area contributed by atoms with E-state index in [2.05, 4.69) is 15.3 Å². The van der Waals surface area contributed by atoms with Crippen molar-refractivity contribution in [1.82, 2.24) is 15.3 Å². The highest BCUT2D eigenvalue weighted by molar-refractivity contribution is 5.76. The Kier molecular flexibility index (Phi) is 2.96. The summed E-state index contributed by atoms with van der Waals surface area (Å²) in [6.07, 6.45) is 1.99. The van der Waals surface area contributed by atoms with Crippen LogP contribution in [0.2, 0.25) is 0 Å². The zero-order chi connectivity index (χ0) is 11.4. The zero-order valence-electron chi connectivity index (χ0n) is 8.68. The zero-order valence-corrected chi connectivity index (χ0v) is 8.68. The van der Waals surface area contributed by atoms with Gasteiger partial charge in [-0.25, -0.2) is 9.97 Å². The van der Waals surface area contributed by atoms with Crippen LogP contribution in [0.4, 0.5) is 5.95 Å². The molecule has 1 aliphatic rings. The summed E-state index contributed by atoms with van der Waals surface area (Å²) < 4.78 is 0. The molecule has 1 saturated heterocycles. The molecule has 0 saturated carbocycles. The van der Waals surface area contributed by atoms with Gasteiger partial charge in [-0.3, -0.25) is 4.79 Å². The van der Waals surface area contributed by atoms with Crippen LogP contribution in [0, 0.1) is 11.3 Å². The fraction of sp³-hybridized carbons (Fsp3) is 0.400. The summed E-state index contributed by atoms with van der Waals surface area (Å²) in [7, 11) is 0. The second-order valence-corrected chi connectivity index (χ2v) is 3.44. The largest absolute Gasteiger partial charge is 0.354 e. The normalized spacial score (nSPS) is 16.2. The molecule has 2 rings (SSSR count). The van der Waals surface area contributed by atoms with Gasteiger partial charge in [-0.1, -0.05) is 0 Å². The van der Waals surface area contributed by atoms with E-state index in [4.69, 9.17) is 5.26 Å². The third-order valence-electron chi connectivity index (χ3n) is 2.35. The summed E-state index contributed by atoms with van der Waals surface area (Å²) in [5, 5.41) is 11.5. The van der Waals surface area contributed by atoms with Gasteiger partial charge in [0.05, 0.1) is 0 Å². The minimum absolute atomic E-state index is 0.0407. The van der Waals surface area contributed by atoms with Gasteiger partial charge < -0.3 is 10.2 Å². The average Bonchev–Trinajstić information content (AvgIpc) is 2.54. The Morgan fingerprint density at radius 2 is 2.38 bits per heavy atom. The SMILES string of the molecule is N#Cc1ccnc(N2CCNC(=O)CC2)n1. The maximum atomic E-state index is 11.2. The van der Waals surface area contributed by atoms with E-state index in [1.165, 1.54) is 0 Å². The summed E-state index contributed by atoms with van der Waals surface area (Å²) in [5.74, 6) is 0.550. The predicted octanol–water partition coefficient (Wildman–Crippen LogP) is -0.325. The Morgan fingerprint density at radius 1 is 1.50 bits per heavy atom. The summed E-state index contributed by atoms with van der Waals surface area (Å²) in [5.41, 5.74) is 0.341. The fourth-order valence-corrected chi connectivity index (χ4v) is 1.53. The van der Waals surface area contributed by atoms with Gasteiger partial charge in [-0.15, -0.1) is 0 Å². The number of carbonyl (C=O) groups is 1. The third-order valence-corrected chi connectivity index (χ3v) is 2.35. The molecule has 0 radical (unpaired) electrons. The van der Waals surface area contributed by atoms with Crippen LogP contribution < -0.4 is 10.2 Å². The minimum atomic E-state index is 0.0407. The Labute approximate surface area is 92.9 Å². The highest BCUT2D eigenvalue weighted by Crippen LogP contribution is 2.08. The van der Waals surface area contributed by atoms with Gasteiger partial charge in [-0.2, -0.15) is 5.26 Å². The van der Waals surface area contributed by atoms with Crippen molar-refractivity contribution >= 4 is 11.9 Å². The van der Waals surface area contributed by atoms with Gasteiger partial charge in [0, 0.05) is 32.3 Å². The number of carbonyl (C=O) groups excluding carboxylic acids is 1. The average molecular weight is 217 g/mol. The van der Waals surface area contributed by atoms with Crippen molar-refractivity contribution in [3.8, 4) is 6.07 Å². The molecule has 1 amide bonds. The maximum absolute atomic E-state index is 11.2. The number of hydrogen-bond donors (Lipinski definition) is 1. The molecule has 1 aromatic rings. The lowest BCUT2D eigenvalue weighted by molar-refractivity contribution is -0.120. The number of hydrogen-bond acceptors (Lipinski definition) is 5. The second-order valence-electron chi connectivity index (χ2n) is 3.44. The number of rotatable bonds is 1. The van der Waals surface area contributed by atoms with Gasteiger partial charge in [0.2, 0.25) is 11.9 Å². The van der Waals surface area contributed by atoms with Crippen LogP contribution >= 0.6 is 0 Å². The Hall–Kier alpha value is -2.16. The van der Waals surface area contributed by atoms with E-state index < -0.39 is 0 Å². The van der Waals surface area contributed by atoms with Crippen molar-refractivity contribution < 1.29 is 4.79 Å². The van der Waals surface area contributed by atoms with E-state index in [-0.39, 0.29) is 5.91 Å². The number of nitrogens with one attached hydrogen (secondary N) is 1. The Bertz CT molecular complexity index is 439. The molecule has 0 aliphatic carbocycles. The summed E-state index contributed by atoms with van der Waals surface area (Å²) in [4.78, 5) is 21.3. The molecule has 82 valence electrons. The van der Waals surface area contributed by atoms with Crippen molar-refractivity contribution in [3.05, 3.63) is 18.0 Å². The molecular weight excluding hydrogens is 206 g/mol. The lowest BCUT2D eigenvalue weighted by atomic mass is 10.4. The summed E-state index contributed by atoms with van der Waals surface area (Å²) >= 11 is 0. The van der Waals surface area contributed by atoms with Gasteiger partial charge in [-0.05, 0) is 6.07 Å². The number of nitrogens with zero attached hydrogens (tertiary/aromatic N) is 4. The van der Waals surface area contributed by atoms with Gasteiger partial charge in [0.15, 0.2) is 0 Å². The van der Waals surface area contributed by atoms with Crippen LogP contribution in [0.3, 0.4) is 0 Å². The Morgan fingerprint density at radius 3 is 3.19 bits per heavy atom. The molecule has 6 nitrogen and oxygen atoms in total. The fourth-order valence-electron chi connectivity index (χ4n) is 1.53. The first kappa shape index (κ1) is 10.4. The van der Waals surface area contributed by atoms with Crippen LogP contribution in [0.25, 0.3) is 0 Å². The molecular formula is C10H11N5O. The van der Waals surface area contributed by atoms with E-state index in [0.717, 1.165) is 0 Å². The van der Waals surface area contributed by atoms with Crippen molar-refractivity contribution in [3.63, 3.8) is 0 Å². The highest BCUT2D eigenvalue weighted by atomic mass is 16.1. The molecule has 16 heavy (non-hydrogen) atoms. The van der Waals surface area contributed by atoms with Crippen LogP contribution in [-0.4, -0.2) is 35.5 Å². The highest BCUT2D eigenvalue weighted by Gasteiger charge is 2.15. The number of aromatic nitrogens is 2. The van der Waals surface area contributed by atoms with Crippen molar-refractivity contribution in [2.24, 2.45) is 0 Å². The lowest BCUT2D eigenvalue weighted by Gasteiger charge is -2.18. The second kappa shape index (κ2) is 4.57. The summed E-state index contributed by atoms with van der Waals surface area (Å²) in [6.45, 7) is 1.83. The van der Waals surface area contributed by atoms with Crippen molar-refractivity contribution in [1.29, 1.82) is 5.26 Å². The molecule has 1 N–H and O–H groups in total. The summed E-state index contributed by atoms with van der Waals surface area (Å²) in [6, 6.07) is 3.53. The van der Waals surface area contributed by atoms with E-state index in [0.29, 0.717) is 37.7 Å². The van der Waals surface area contributed by atoms with Gasteiger partial charge >= 0.3 is 0 Å². The molecule has 0 bridgehead atoms. The van der Waals surface area contributed by atoms with E-state index in [1.807, 2.05) is 11.0 Å².